The van der Waals surface area contributed by atoms with Crippen LogP contribution in [0.5, 0.6) is 0 Å². The molecule has 1 N–H and O–H groups in total. The van der Waals surface area contributed by atoms with E-state index < -0.39 is 11.0 Å². The number of fused-ring (bicyclic) bond motifs is 1. The zero-order valence-electron chi connectivity index (χ0n) is 12.4. The topological polar surface area (TPSA) is 44.0 Å². The number of rotatable bonds is 1. The first-order chi connectivity index (χ1) is 9.51. The lowest BCUT2D eigenvalue weighted by molar-refractivity contribution is -0.124. The Morgan fingerprint density at radius 1 is 1.20 bits per heavy atom. The zero-order valence-corrected chi connectivity index (χ0v) is 12.4. The monoisotopic (exact) mass is 269 g/mol. The number of nitrogens with zero attached hydrogens (tertiary/aromatic N) is 1. The van der Waals surface area contributed by atoms with Crippen LogP contribution in [-0.2, 0) is 12.8 Å². The summed E-state index contributed by atoms with van der Waals surface area (Å²) in [5.41, 5.74) is 1.02. The smallest absolute Gasteiger partial charge is 0.0943 e. The van der Waals surface area contributed by atoms with Crippen LogP contribution in [0.1, 0.15) is 44.2 Å². The fourth-order valence-corrected chi connectivity index (χ4v) is 4.44. The molecule has 3 rings (SSSR count). The van der Waals surface area contributed by atoms with Gasteiger partial charge in [0, 0.05) is 0 Å². The maximum atomic E-state index is 11.4. The third kappa shape index (κ3) is 1.80. The minimum Gasteiger partial charge on any atom is -0.388 e. The van der Waals surface area contributed by atoms with Crippen molar-refractivity contribution in [2.45, 2.75) is 51.6 Å². The van der Waals surface area contributed by atoms with Gasteiger partial charge in [0.25, 0.3) is 0 Å². The SMILES string of the molecule is CC1CCC(O)(C2(C#N)Cc3ccccc3C2)C(C)C1. The van der Waals surface area contributed by atoms with Gasteiger partial charge in [0.2, 0.25) is 0 Å². The lowest BCUT2D eigenvalue weighted by atomic mass is 9.58. The van der Waals surface area contributed by atoms with E-state index >= 15 is 0 Å². The molecule has 0 bridgehead atoms. The summed E-state index contributed by atoms with van der Waals surface area (Å²) in [7, 11) is 0. The molecule has 1 fully saturated rings. The molecule has 2 aliphatic rings. The number of hydrogen-bond acceptors (Lipinski definition) is 2. The van der Waals surface area contributed by atoms with E-state index in [0.717, 1.165) is 19.3 Å². The molecule has 106 valence electrons. The molecule has 1 saturated carbocycles. The molecule has 2 nitrogen and oxygen atoms in total. The molecule has 2 heteroatoms. The molecule has 1 aromatic carbocycles. The van der Waals surface area contributed by atoms with E-state index in [1.807, 2.05) is 12.1 Å². The highest BCUT2D eigenvalue weighted by Gasteiger charge is 2.57. The molecule has 0 aromatic heterocycles. The van der Waals surface area contributed by atoms with Gasteiger partial charge in [-0.05, 0) is 55.1 Å². The van der Waals surface area contributed by atoms with Gasteiger partial charge < -0.3 is 5.11 Å². The molecule has 0 spiro atoms. The van der Waals surface area contributed by atoms with Crippen molar-refractivity contribution in [1.82, 2.24) is 0 Å². The second-order valence-electron chi connectivity index (χ2n) is 7.02. The van der Waals surface area contributed by atoms with E-state index in [1.54, 1.807) is 0 Å². The van der Waals surface area contributed by atoms with Crippen molar-refractivity contribution in [3.05, 3.63) is 35.4 Å². The van der Waals surface area contributed by atoms with Crippen LogP contribution in [0.4, 0.5) is 0 Å². The Labute approximate surface area is 121 Å². The van der Waals surface area contributed by atoms with Gasteiger partial charge in [-0.15, -0.1) is 0 Å². The third-order valence-electron chi connectivity index (χ3n) is 5.74. The molecule has 0 heterocycles. The highest BCUT2D eigenvalue weighted by atomic mass is 16.3. The summed E-state index contributed by atoms with van der Waals surface area (Å²) in [6, 6.07) is 10.8. The van der Waals surface area contributed by atoms with Crippen LogP contribution in [0.15, 0.2) is 24.3 Å². The molecule has 1 aromatic rings. The average Bonchev–Trinajstić information content (AvgIpc) is 2.83. The molecule has 0 saturated heterocycles. The first-order valence-corrected chi connectivity index (χ1v) is 7.71. The van der Waals surface area contributed by atoms with Crippen LogP contribution in [-0.4, -0.2) is 10.7 Å². The molecule has 3 atom stereocenters. The Morgan fingerprint density at radius 3 is 2.30 bits per heavy atom. The number of benzene rings is 1. The fourth-order valence-electron chi connectivity index (χ4n) is 4.44. The fraction of sp³-hybridized carbons (Fsp3) is 0.611. The van der Waals surface area contributed by atoms with Crippen LogP contribution in [0.25, 0.3) is 0 Å². The summed E-state index contributed by atoms with van der Waals surface area (Å²) >= 11 is 0. The van der Waals surface area contributed by atoms with E-state index in [4.69, 9.17) is 0 Å². The quantitative estimate of drug-likeness (QED) is 0.848. The van der Waals surface area contributed by atoms with E-state index in [2.05, 4.69) is 32.0 Å². The lowest BCUT2D eigenvalue weighted by Crippen LogP contribution is -2.55. The van der Waals surface area contributed by atoms with Crippen molar-refractivity contribution in [1.29, 1.82) is 5.26 Å². The normalized spacial score (nSPS) is 35.3. The van der Waals surface area contributed by atoms with Crippen molar-refractivity contribution in [3.8, 4) is 6.07 Å². The van der Waals surface area contributed by atoms with Crippen LogP contribution >= 0.6 is 0 Å². The summed E-state index contributed by atoms with van der Waals surface area (Å²) < 4.78 is 0. The highest BCUT2D eigenvalue weighted by molar-refractivity contribution is 5.39. The first-order valence-electron chi connectivity index (χ1n) is 7.71. The Balaban J connectivity index is 1.98. The van der Waals surface area contributed by atoms with Gasteiger partial charge >= 0.3 is 0 Å². The maximum absolute atomic E-state index is 11.4. The number of hydrogen-bond donors (Lipinski definition) is 1. The molecular formula is C18H23NO. The molecule has 0 amide bonds. The minimum atomic E-state index is -0.840. The van der Waals surface area contributed by atoms with Crippen molar-refractivity contribution in [3.63, 3.8) is 0 Å². The summed E-state index contributed by atoms with van der Waals surface area (Å²) in [5, 5.41) is 21.2. The molecule has 20 heavy (non-hydrogen) atoms. The third-order valence-corrected chi connectivity index (χ3v) is 5.74. The van der Waals surface area contributed by atoms with Gasteiger partial charge in [-0.2, -0.15) is 5.26 Å². The molecule has 2 aliphatic carbocycles. The summed E-state index contributed by atoms with van der Waals surface area (Å²) in [6.45, 7) is 4.37. The lowest BCUT2D eigenvalue weighted by Gasteiger charge is -2.49. The van der Waals surface area contributed by atoms with Gasteiger partial charge in [0.05, 0.1) is 17.1 Å². The van der Waals surface area contributed by atoms with Crippen molar-refractivity contribution >= 4 is 0 Å². The van der Waals surface area contributed by atoms with Crippen molar-refractivity contribution in [2.75, 3.05) is 0 Å². The Kier molecular flexibility index (Phi) is 3.14. The van der Waals surface area contributed by atoms with Gasteiger partial charge in [0.1, 0.15) is 0 Å². The number of aliphatic hydroxyl groups is 1. The van der Waals surface area contributed by atoms with Crippen LogP contribution in [0.2, 0.25) is 0 Å². The highest BCUT2D eigenvalue weighted by Crippen LogP contribution is 2.53. The molecule has 0 radical (unpaired) electrons. The Bertz CT molecular complexity index is 534. The first kappa shape index (κ1) is 13.6. The van der Waals surface area contributed by atoms with E-state index in [1.165, 1.54) is 11.1 Å². The standard InChI is InChI=1S/C18H23NO/c1-13-7-8-18(20,14(2)9-13)17(12-19)10-15-5-3-4-6-16(15)11-17/h3-6,13-14,20H,7-11H2,1-2H3. The Hall–Kier alpha value is -1.33. The Morgan fingerprint density at radius 2 is 1.80 bits per heavy atom. The van der Waals surface area contributed by atoms with Crippen LogP contribution in [0, 0.1) is 28.6 Å². The average molecular weight is 269 g/mol. The largest absolute Gasteiger partial charge is 0.388 e. The second kappa shape index (κ2) is 4.60. The predicted octanol–water partition coefficient (Wildman–Crippen LogP) is 3.48. The van der Waals surface area contributed by atoms with E-state index in [-0.39, 0.29) is 5.92 Å². The summed E-state index contributed by atoms with van der Waals surface area (Å²) in [5.74, 6) is 0.852. The van der Waals surface area contributed by atoms with E-state index in [9.17, 15) is 10.4 Å². The number of nitriles is 1. The molecular weight excluding hydrogens is 246 g/mol. The van der Waals surface area contributed by atoms with Gasteiger partial charge in [0.15, 0.2) is 0 Å². The maximum Gasteiger partial charge on any atom is 0.0943 e. The minimum absolute atomic E-state index is 0.195. The second-order valence-corrected chi connectivity index (χ2v) is 7.02. The van der Waals surface area contributed by atoms with Gasteiger partial charge in [-0.3, -0.25) is 0 Å². The summed E-state index contributed by atoms with van der Waals surface area (Å²) in [6.07, 6.45) is 4.22. The van der Waals surface area contributed by atoms with Gasteiger partial charge in [-0.25, -0.2) is 0 Å². The van der Waals surface area contributed by atoms with Crippen LogP contribution < -0.4 is 0 Å². The van der Waals surface area contributed by atoms with Gasteiger partial charge in [-0.1, -0.05) is 38.1 Å². The van der Waals surface area contributed by atoms with Crippen LogP contribution in [0.3, 0.4) is 0 Å². The molecule has 0 aliphatic heterocycles. The summed E-state index contributed by atoms with van der Waals surface area (Å²) in [4.78, 5) is 0. The van der Waals surface area contributed by atoms with Crippen molar-refractivity contribution < 1.29 is 5.11 Å². The van der Waals surface area contributed by atoms with E-state index in [0.29, 0.717) is 18.8 Å². The zero-order chi connectivity index (χ0) is 14.4. The van der Waals surface area contributed by atoms with Crippen molar-refractivity contribution in [2.24, 2.45) is 17.3 Å². The molecule has 3 unspecified atom stereocenters. The predicted molar refractivity (Wildman–Crippen MR) is 79.0 cm³/mol.